The number of unbranched alkanes of at least 4 members (excludes halogenated alkanes) is 2. The van der Waals surface area contributed by atoms with Crippen molar-refractivity contribution in [2.75, 3.05) is 7.11 Å². The molecule has 2 rings (SSSR count). The maximum atomic E-state index is 13.1. The monoisotopic (exact) mass is 441 g/mol. The fraction of sp³-hybridized carbons (Fsp3) is 0.476. The third-order valence-corrected chi connectivity index (χ3v) is 7.32. The zero-order valence-corrected chi connectivity index (χ0v) is 18.5. The third kappa shape index (κ3) is 7.53. The summed E-state index contributed by atoms with van der Waals surface area (Å²) in [4.78, 5) is 13.4. The number of esters is 1. The summed E-state index contributed by atoms with van der Waals surface area (Å²) in [5, 5.41) is 0. The van der Waals surface area contributed by atoms with Crippen molar-refractivity contribution in [3.05, 3.63) is 52.0 Å². The summed E-state index contributed by atoms with van der Waals surface area (Å²) in [6.07, 6.45) is 5.45. The summed E-state index contributed by atoms with van der Waals surface area (Å²) in [7, 11) is -2.38. The number of halogens is 1. The summed E-state index contributed by atoms with van der Waals surface area (Å²) in [5.74, 6) is -0.704. The minimum absolute atomic E-state index is 0.0502. The predicted molar refractivity (Wildman–Crippen MR) is 113 cm³/mol. The molecule has 0 aliphatic rings. The van der Waals surface area contributed by atoms with Crippen LogP contribution in [0.2, 0.25) is 0 Å². The zero-order chi connectivity index (χ0) is 21.3. The first-order chi connectivity index (χ1) is 13.9. The maximum Gasteiger partial charge on any atom is 0.305 e. The summed E-state index contributed by atoms with van der Waals surface area (Å²) in [5.41, 5.74) is 0. The van der Waals surface area contributed by atoms with Crippen LogP contribution in [0.1, 0.15) is 61.2 Å². The van der Waals surface area contributed by atoms with Gasteiger partial charge in [0.15, 0.2) is 0 Å². The number of aryl methyl sites for hydroxylation is 1. The van der Waals surface area contributed by atoms with Crippen LogP contribution in [0.25, 0.3) is 0 Å². The normalized spacial score (nSPS) is 12.7. The molecular weight excluding hydrogens is 413 g/mol. The van der Waals surface area contributed by atoms with Crippen LogP contribution >= 0.6 is 11.3 Å². The van der Waals surface area contributed by atoms with Gasteiger partial charge in [0, 0.05) is 16.2 Å². The van der Waals surface area contributed by atoms with E-state index in [-0.39, 0.29) is 16.9 Å². The molecule has 0 aliphatic heterocycles. The number of thiophene rings is 1. The number of carbonyl (C=O) groups excluding carboxylic acids is 1. The minimum Gasteiger partial charge on any atom is -0.469 e. The molecule has 1 heterocycles. The van der Waals surface area contributed by atoms with E-state index in [1.54, 1.807) is 11.3 Å². The molecule has 0 fully saturated rings. The van der Waals surface area contributed by atoms with Gasteiger partial charge in [-0.15, -0.1) is 11.3 Å². The topological polar surface area (TPSA) is 72.5 Å². The highest BCUT2D eigenvalue weighted by atomic mass is 32.2. The molecule has 0 aliphatic carbocycles. The second kappa shape index (κ2) is 11.4. The molecule has 1 N–H and O–H groups in total. The van der Waals surface area contributed by atoms with Gasteiger partial charge in [-0.05, 0) is 55.7 Å². The molecular formula is C21H28FNO4S2. The molecule has 0 saturated carbocycles. The molecule has 0 amide bonds. The lowest BCUT2D eigenvalue weighted by Gasteiger charge is -2.18. The average Bonchev–Trinajstić information content (AvgIpc) is 3.16. The first kappa shape index (κ1) is 23.5. The third-order valence-electron chi connectivity index (χ3n) is 4.58. The van der Waals surface area contributed by atoms with Crippen molar-refractivity contribution in [2.45, 2.75) is 62.8 Å². The average molecular weight is 442 g/mol. The van der Waals surface area contributed by atoms with Gasteiger partial charge in [0.05, 0.1) is 18.0 Å². The molecule has 1 aromatic heterocycles. The van der Waals surface area contributed by atoms with Crippen LogP contribution in [0.4, 0.5) is 4.39 Å². The fourth-order valence-corrected chi connectivity index (χ4v) is 5.42. The number of nitrogens with one attached hydrogen (secondary N) is 1. The van der Waals surface area contributed by atoms with Crippen LogP contribution in [0, 0.1) is 5.82 Å². The Kier molecular flexibility index (Phi) is 9.26. The van der Waals surface area contributed by atoms with Crippen LogP contribution in [0.5, 0.6) is 0 Å². The number of rotatable bonds is 12. The van der Waals surface area contributed by atoms with E-state index in [9.17, 15) is 17.6 Å². The first-order valence-electron chi connectivity index (χ1n) is 9.79. The van der Waals surface area contributed by atoms with Gasteiger partial charge in [-0.25, -0.2) is 17.5 Å². The number of benzene rings is 1. The van der Waals surface area contributed by atoms with Gasteiger partial charge in [0.1, 0.15) is 5.82 Å². The highest BCUT2D eigenvalue weighted by molar-refractivity contribution is 7.89. The van der Waals surface area contributed by atoms with E-state index in [2.05, 4.69) is 16.4 Å². The molecule has 29 heavy (non-hydrogen) atoms. The summed E-state index contributed by atoms with van der Waals surface area (Å²) >= 11 is 1.56. The van der Waals surface area contributed by atoms with E-state index in [0.717, 1.165) is 47.6 Å². The quantitative estimate of drug-likeness (QED) is 0.372. The number of sulfonamides is 1. The smallest absolute Gasteiger partial charge is 0.305 e. The van der Waals surface area contributed by atoms with Gasteiger partial charge in [-0.3, -0.25) is 4.79 Å². The Morgan fingerprint density at radius 1 is 1.14 bits per heavy atom. The van der Waals surface area contributed by atoms with E-state index in [0.29, 0.717) is 19.3 Å². The van der Waals surface area contributed by atoms with Gasteiger partial charge < -0.3 is 4.74 Å². The fourth-order valence-electron chi connectivity index (χ4n) is 2.95. The van der Waals surface area contributed by atoms with Gasteiger partial charge in [0.25, 0.3) is 0 Å². The molecule has 0 bridgehead atoms. The molecule has 8 heteroatoms. The summed E-state index contributed by atoms with van der Waals surface area (Å²) in [6, 6.07) is 8.42. The van der Waals surface area contributed by atoms with Crippen molar-refractivity contribution in [3.8, 4) is 0 Å². The van der Waals surface area contributed by atoms with Gasteiger partial charge >= 0.3 is 5.97 Å². The lowest BCUT2D eigenvalue weighted by molar-refractivity contribution is -0.140. The van der Waals surface area contributed by atoms with E-state index in [4.69, 9.17) is 0 Å². The Morgan fingerprint density at radius 3 is 2.52 bits per heavy atom. The SMILES string of the molecule is CCCCCC(NS(=O)(=O)c1ccc(F)cc1)c1ccc(CCCC(=O)OC)s1. The standard InChI is InChI=1S/C21H28FNO4S2/c1-3-4-5-8-19(23-29(25,26)18-13-10-16(22)11-14-18)20-15-12-17(28-20)7-6-9-21(24)27-2/h10-15,19,23H,3-9H2,1-2H3. The Balaban J connectivity index is 2.11. The van der Waals surface area contributed by atoms with E-state index >= 15 is 0 Å². The molecule has 5 nitrogen and oxygen atoms in total. The van der Waals surface area contributed by atoms with E-state index in [1.165, 1.54) is 19.2 Å². The highest BCUT2D eigenvalue weighted by Gasteiger charge is 2.22. The van der Waals surface area contributed by atoms with Crippen molar-refractivity contribution in [3.63, 3.8) is 0 Å². The second-order valence-corrected chi connectivity index (χ2v) is 9.77. The van der Waals surface area contributed by atoms with Crippen molar-refractivity contribution >= 4 is 27.3 Å². The first-order valence-corrected chi connectivity index (χ1v) is 12.1. The van der Waals surface area contributed by atoms with Crippen molar-refractivity contribution in [1.82, 2.24) is 4.72 Å². The maximum absolute atomic E-state index is 13.1. The second-order valence-electron chi connectivity index (χ2n) is 6.86. The Hall–Kier alpha value is -1.77. The van der Waals surface area contributed by atoms with Gasteiger partial charge in [0.2, 0.25) is 10.0 Å². The van der Waals surface area contributed by atoms with Crippen LogP contribution in [-0.4, -0.2) is 21.5 Å². The zero-order valence-electron chi connectivity index (χ0n) is 16.8. The Labute approximate surface area is 176 Å². The van der Waals surface area contributed by atoms with Crippen molar-refractivity contribution in [2.24, 2.45) is 0 Å². The largest absolute Gasteiger partial charge is 0.469 e. The molecule has 1 unspecified atom stereocenters. The number of hydrogen-bond acceptors (Lipinski definition) is 5. The number of carbonyl (C=O) groups is 1. The molecule has 0 spiro atoms. The molecule has 1 aromatic carbocycles. The molecule has 1 atom stereocenters. The predicted octanol–water partition coefficient (Wildman–Crippen LogP) is 4.98. The molecule has 0 radical (unpaired) electrons. The number of methoxy groups -OCH3 is 1. The van der Waals surface area contributed by atoms with E-state index < -0.39 is 15.8 Å². The van der Waals surface area contributed by atoms with Gasteiger partial charge in [-0.2, -0.15) is 0 Å². The van der Waals surface area contributed by atoms with Crippen LogP contribution in [-0.2, 0) is 26.0 Å². The van der Waals surface area contributed by atoms with Crippen LogP contribution in [0.15, 0.2) is 41.3 Å². The lowest BCUT2D eigenvalue weighted by atomic mass is 10.1. The molecule has 160 valence electrons. The lowest BCUT2D eigenvalue weighted by Crippen LogP contribution is -2.28. The Morgan fingerprint density at radius 2 is 1.86 bits per heavy atom. The highest BCUT2D eigenvalue weighted by Crippen LogP contribution is 2.30. The van der Waals surface area contributed by atoms with Crippen LogP contribution in [0.3, 0.4) is 0 Å². The summed E-state index contributed by atoms with van der Waals surface area (Å²) < 4.78 is 46.1. The van der Waals surface area contributed by atoms with Gasteiger partial charge in [-0.1, -0.05) is 26.2 Å². The minimum atomic E-state index is -3.76. The molecule has 2 aromatic rings. The summed E-state index contributed by atoms with van der Waals surface area (Å²) in [6.45, 7) is 2.10. The van der Waals surface area contributed by atoms with E-state index in [1.807, 2.05) is 12.1 Å². The van der Waals surface area contributed by atoms with Crippen molar-refractivity contribution in [1.29, 1.82) is 0 Å². The van der Waals surface area contributed by atoms with Crippen LogP contribution < -0.4 is 4.72 Å². The Bertz CT molecular complexity index is 878. The number of ether oxygens (including phenoxy) is 1. The number of hydrogen-bond donors (Lipinski definition) is 1. The molecule has 0 saturated heterocycles. The van der Waals surface area contributed by atoms with Crippen molar-refractivity contribution < 1.29 is 22.3 Å².